The van der Waals surface area contributed by atoms with Gasteiger partial charge in [0.2, 0.25) is 11.8 Å². The Labute approximate surface area is 138 Å². The zero-order chi connectivity index (χ0) is 15.2. The minimum atomic E-state index is -0.369. The number of likely N-dealkylation sites (N-methyl/N-ethyl adjacent to an activating group) is 1. The van der Waals surface area contributed by atoms with Gasteiger partial charge in [0.25, 0.3) is 0 Å². The van der Waals surface area contributed by atoms with E-state index in [1.807, 2.05) is 14.0 Å². The van der Waals surface area contributed by atoms with Crippen LogP contribution in [-0.4, -0.2) is 61.6 Å². The van der Waals surface area contributed by atoms with Gasteiger partial charge in [-0.25, -0.2) is 0 Å². The number of nitrogens with one attached hydrogen (secondary N) is 2. The SMILES string of the molecule is C[C@H]1OCCN[C@@H]1C(=O)NCC(=O)N(C)C1CCCCC1.Cl. The smallest absolute Gasteiger partial charge is 0.241 e. The summed E-state index contributed by atoms with van der Waals surface area (Å²) < 4.78 is 5.44. The Morgan fingerprint density at radius 2 is 1.95 bits per heavy atom. The number of morpholine rings is 1. The Bertz CT molecular complexity index is 375. The Kier molecular flexibility index (Phi) is 8.14. The molecule has 0 aromatic carbocycles. The maximum Gasteiger partial charge on any atom is 0.241 e. The van der Waals surface area contributed by atoms with Gasteiger partial charge in [0.1, 0.15) is 6.04 Å². The maximum atomic E-state index is 12.2. The fourth-order valence-electron chi connectivity index (χ4n) is 3.10. The standard InChI is InChI=1S/C15H27N3O3.ClH/c1-11-14(16-8-9-21-11)15(20)17-10-13(19)18(2)12-6-4-3-5-7-12;/h11-12,14,16H,3-10H2,1-2H3,(H,17,20);1H/t11-,14+;/m1./s1. The molecule has 1 heterocycles. The van der Waals surface area contributed by atoms with Gasteiger partial charge in [-0.05, 0) is 19.8 Å². The first kappa shape index (κ1) is 19.2. The number of carbonyl (C=O) groups is 2. The first-order valence-electron chi connectivity index (χ1n) is 7.98. The lowest BCUT2D eigenvalue weighted by Gasteiger charge is -2.32. The highest BCUT2D eigenvalue weighted by Gasteiger charge is 2.29. The second kappa shape index (κ2) is 9.33. The minimum absolute atomic E-state index is 0. The molecule has 1 aliphatic carbocycles. The molecule has 0 radical (unpaired) electrons. The van der Waals surface area contributed by atoms with Crippen molar-refractivity contribution in [2.75, 3.05) is 26.7 Å². The molecule has 2 rings (SSSR count). The molecule has 1 saturated carbocycles. The Hall–Kier alpha value is -0.850. The molecule has 2 fully saturated rings. The zero-order valence-corrected chi connectivity index (χ0v) is 14.3. The van der Waals surface area contributed by atoms with Crippen molar-refractivity contribution < 1.29 is 14.3 Å². The summed E-state index contributed by atoms with van der Waals surface area (Å²) in [7, 11) is 1.84. The van der Waals surface area contributed by atoms with Gasteiger partial charge >= 0.3 is 0 Å². The van der Waals surface area contributed by atoms with Gasteiger partial charge in [-0.3, -0.25) is 9.59 Å². The molecule has 2 atom stereocenters. The predicted molar refractivity (Wildman–Crippen MR) is 87.1 cm³/mol. The second-order valence-electron chi connectivity index (χ2n) is 6.02. The number of rotatable bonds is 4. The summed E-state index contributed by atoms with van der Waals surface area (Å²) in [5, 5.41) is 5.85. The summed E-state index contributed by atoms with van der Waals surface area (Å²) in [5.74, 6) is -0.174. The maximum absolute atomic E-state index is 12.2. The fourth-order valence-corrected chi connectivity index (χ4v) is 3.10. The number of nitrogens with zero attached hydrogens (tertiary/aromatic N) is 1. The fraction of sp³-hybridized carbons (Fsp3) is 0.867. The molecule has 6 nitrogen and oxygen atoms in total. The van der Waals surface area contributed by atoms with E-state index in [0.717, 1.165) is 12.8 Å². The van der Waals surface area contributed by atoms with E-state index < -0.39 is 0 Å². The average molecular weight is 334 g/mol. The van der Waals surface area contributed by atoms with Crippen molar-refractivity contribution in [3.63, 3.8) is 0 Å². The van der Waals surface area contributed by atoms with E-state index in [9.17, 15) is 9.59 Å². The van der Waals surface area contributed by atoms with Gasteiger partial charge in [0.15, 0.2) is 0 Å². The van der Waals surface area contributed by atoms with Gasteiger partial charge in [-0.15, -0.1) is 12.4 Å². The lowest BCUT2D eigenvalue weighted by atomic mass is 9.94. The first-order chi connectivity index (χ1) is 10.1. The zero-order valence-electron chi connectivity index (χ0n) is 13.5. The van der Waals surface area contributed by atoms with Crippen molar-refractivity contribution in [2.45, 2.75) is 57.2 Å². The normalized spacial score (nSPS) is 25.9. The molecule has 22 heavy (non-hydrogen) atoms. The van der Waals surface area contributed by atoms with Crippen molar-refractivity contribution in [1.82, 2.24) is 15.5 Å². The molecule has 0 unspecified atom stereocenters. The molecule has 2 aliphatic rings. The number of carbonyl (C=O) groups excluding carboxylic acids is 2. The topological polar surface area (TPSA) is 70.7 Å². The Morgan fingerprint density at radius 3 is 2.59 bits per heavy atom. The van der Waals surface area contributed by atoms with E-state index in [0.29, 0.717) is 19.2 Å². The second-order valence-corrected chi connectivity index (χ2v) is 6.02. The van der Waals surface area contributed by atoms with Gasteiger partial charge < -0.3 is 20.3 Å². The van der Waals surface area contributed by atoms with Crippen LogP contribution in [0.3, 0.4) is 0 Å². The molecule has 2 N–H and O–H groups in total. The Morgan fingerprint density at radius 1 is 1.27 bits per heavy atom. The summed E-state index contributed by atoms with van der Waals surface area (Å²) in [6, 6.07) is -0.0373. The van der Waals surface area contributed by atoms with E-state index in [1.165, 1.54) is 19.3 Å². The summed E-state index contributed by atoms with van der Waals surface area (Å²) >= 11 is 0. The van der Waals surface area contributed by atoms with Crippen LogP contribution in [0.5, 0.6) is 0 Å². The van der Waals surface area contributed by atoms with Crippen LogP contribution in [0.2, 0.25) is 0 Å². The molecule has 0 aromatic rings. The van der Waals surface area contributed by atoms with E-state index in [2.05, 4.69) is 10.6 Å². The number of ether oxygens (including phenoxy) is 1. The molecule has 128 valence electrons. The van der Waals surface area contributed by atoms with Crippen LogP contribution in [0.15, 0.2) is 0 Å². The molecule has 1 aliphatic heterocycles. The lowest BCUT2D eigenvalue weighted by molar-refractivity contribution is -0.136. The quantitative estimate of drug-likeness (QED) is 0.794. The van der Waals surface area contributed by atoms with Gasteiger partial charge in [0.05, 0.1) is 19.3 Å². The third kappa shape index (κ3) is 5.11. The van der Waals surface area contributed by atoms with Crippen molar-refractivity contribution in [1.29, 1.82) is 0 Å². The van der Waals surface area contributed by atoms with Crippen molar-refractivity contribution in [3.05, 3.63) is 0 Å². The molecule has 1 saturated heterocycles. The third-order valence-electron chi connectivity index (χ3n) is 4.53. The van der Waals surface area contributed by atoms with Crippen LogP contribution >= 0.6 is 12.4 Å². The summed E-state index contributed by atoms with van der Waals surface area (Å²) in [5.41, 5.74) is 0. The number of hydrogen-bond acceptors (Lipinski definition) is 4. The highest BCUT2D eigenvalue weighted by molar-refractivity contribution is 5.88. The van der Waals surface area contributed by atoms with Crippen molar-refractivity contribution in [2.24, 2.45) is 0 Å². The highest BCUT2D eigenvalue weighted by atomic mass is 35.5. The monoisotopic (exact) mass is 333 g/mol. The van der Waals surface area contributed by atoms with Crippen LogP contribution in [0.4, 0.5) is 0 Å². The van der Waals surface area contributed by atoms with Crippen LogP contribution in [0, 0.1) is 0 Å². The number of halogens is 1. The molecule has 2 amide bonds. The van der Waals surface area contributed by atoms with E-state index >= 15 is 0 Å². The highest BCUT2D eigenvalue weighted by Crippen LogP contribution is 2.21. The van der Waals surface area contributed by atoms with E-state index in [-0.39, 0.29) is 42.9 Å². The van der Waals surface area contributed by atoms with Crippen LogP contribution in [0.1, 0.15) is 39.0 Å². The van der Waals surface area contributed by atoms with Crippen LogP contribution < -0.4 is 10.6 Å². The van der Waals surface area contributed by atoms with Crippen LogP contribution in [0.25, 0.3) is 0 Å². The molecule has 0 aromatic heterocycles. The van der Waals surface area contributed by atoms with Gasteiger partial charge in [-0.2, -0.15) is 0 Å². The average Bonchev–Trinajstić information content (AvgIpc) is 2.52. The molecular formula is C15H28ClN3O3. The van der Waals surface area contributed by atoms with Crippen molar-refractivity contribution >= 4 is 24.2 Å². The molecular weight excluding hydrogens is 306 g/mol. The molecule has 0 bridgehead atoms. The van der Waals surface area contributed by atoms with Crippen LogP contribution in [-0.2, 0) is 14.3 Å². The summed E-state index contributed by atoms with van der Waals surface area (Å²) in [6.45, 7) is 3.22. The largest absolute Gasteiger partial charge is 0.375 e. The molecule has 7 heteroatoms. The Balaban J connectivity index is 0.00000242. The summed E-state index contributed by atoms with van der Waals surface area (Å²) in [4.78, 5) is 26.1. The van der Waals surface area contributed by atoms with Gasteiger partial charge in [-0.1, -0.05) is 19.3 Å². The summed E-state index contributed by atoms with van der Waals surface area (Å²) in [6.07, 6.45) is 5.63. The van der Waals surface area contributed by atoms with E-state index in [4.69, 9.17) is 4.74 Å². The lowest BCUT2D eigenvalue weighted by Crippen LogP contribution is -2.56. The van der Waals surface area contributed by atoms with E-state index in [1.54, 1.807) is 4.90 Å². The minimum Gasteiger partial charge on any atom is -0.375 e. The van der Waals surface area contributed by atoms with Crippen molar-refractivity contribution in [3.8, 4) is 0 Å². The molecule has 0 spiro atoms. The first-order valence-corrected chi connectivity index (χ1v) is 7.98. The van der Waals surface area contributed by atoms with Gasteiger partial charge in [0, 0.05) is 19.6 Å². The third-order valence-corrected chi connectivity index (χ3v) is 4.53. The number of hydrogen-bond donors (Lipinski definition) is 2. The number of amides is 2. The predicted octanol–water partition coefficient (Wildman–Crippen LogP) is 0.692.